The Morgan fingerprint density at radius 3 is 2.83 bits per heavy atom. The van der Waals surface area contributed by atoms with Crippen LogP contribution in [0.15, 0.2) is 28.8 Å². The van der Waals surface area contributed by atoms with Crippen molar-refractivity contribution in [3.05, 3.63) is 35.1 Å². The summed E-state index contributed by atoms with van der Waals surface area (Å²) in [6.45, 7) is 2.72. The number of hydrogen-bond acceptors (Lipinski definition) is 5. The number of halogens is 2. The maximum atomic E-state index is 12.1. The van der Waals surface area contributed by atoms with E-state index in [-0.39, 0.29) is 30.4 Å². The number of carbonyl (C=O) groups excluding carboxylic acids is 1. The van der Waals surface area contributed by atoms with Crippen LogP contribution >= 0.6 is 24.0 Å². The molecule has 0 radical (unpaired) electrons. The van der Waals surface area contributed by atoms with Crippen molar-refractivity contribution in [2.45, 2.75) is 31.8 Å². The standard InChI is InChI=1S/C15H17ClN4O2.ClH/c1-9(18-14(21)12-3-2-8-17-12)13-19-15(22-20-13)10-4-6-11(16)7-5-10;/h4-7,9,12,17H,2-3,8H2,1H3,(H,18,21);1H/t9?,12-;/m0./s1. The van der Waals surface area contributed by atoms with Crippen molar-refractivity contribution in [3.63, 3.8) is 0 Å². The number of nitrogens with zero attached hydrogens (tertiary/aromatic N) is 2. The lowest BCUT2D eigenvalue weighted by Crippen LogP contribution is -2.41. The molecule has 2 aromatic rings. The van der Waals surface area contributed by atoms with Gasteiger partial charge in [-0.2, -0.15) is 4.98 Å². The van der Waals surface area contributed by atoms with Gasteiger partial charge in [0.1, 0.15) is 0 Å². The highest BCUT2D eigenvalue weighted by Crippen LogP contribution is 2.21. The molecule has 2 atom stereocenters. The van der Waals surface area contributed by atoms with Crippen molar-refractivity contribution >= 4 is 29.9 Å². The van der Waals surface area contributed by atoms with Gasteiger partial charge in [-0.3, -0.25) is 4.79 Å². The van der Waals surface area contributed by atoms with Gasteiger partial charge in [-0.05, 0) is 50.6 Å². The van der Waals surface area contributed by atoms with Crippen molar-refractivity contribution < 1.29 is 9.32 Å². The molecule has 1 aliphatic heterocycles. The summed E-state index contributed by atoms with van der Waals surface area (Å²) in [7, 11) is 0. The van der Waals surface area contributed by atoms with E-state index in [4.69, 9.17) is 16.1 Å². The highest BCUT2D eigenvalue weighted by molar-refractivity contribution is 6.30. The lowest BCUT2D eigenvalue weighted by Gasteiger charge is -2.14. The summed E-state index contributed by atoms with van der Waals surface area (Å²) in [5.41, 5.74) is 0.791. The topological polar surface area (TPSA) is 80.0 Å². The van der Waals surface area contributed by atoms with Crippen LogP contribution in [0.5, 0.6) is 0 Å². The van der Waals surface area contributed by atoms with Crippen molar-refractivity contribution in [2.24, 2.45) is 0 Å². The molecule has 23 heavy (non-hydrogen) atoms. The van der Waals surface area contributed by atoms with Gasteiger partial charge in [-0.1, -0.05) is 16.8 Å². The molecule has 0 saturated carbocycles. The average molecular weight is 357 g/mol. The first-order valence-electron chi connectivity index (χ1n) is 7.27. The molecule has 1 amide bonds. The molecule has 2 heterocycles. The number of carbonyl (C=O) groups is 1. The van der Waals surface area contributed by atoms with E-state index in [1.807, 2.05) is 19.1 Å². The van der Waals surface area contributed by atoms with E-state index < -0.39 is 0 Å². The SMILES string of the molecule is CC(NC(=O)[C@@H]1CCCN1)c1noc(-c2ccc(Cl)cc2)n1.Cl. The molecule has 1 aromatic carbocycles. The van der Waals surface area contributed by atoms with Crippen LogP contribution in [-0.4, -0.2) is 28.6 Å². The van der Waals surface area contributed by atoms with Crippen LogP contribution in [0.2, 0.25) is 5.02 Å². The third-order valence-electron chi connectivity index (χ3n) is 3.66. The largest absolute Gasteiger partial charge is 0.345 e. The van der Waals surface area contributed by atoms with Crippen LogP contribution < -0.4 is 10.6 Å². The molecular formula is C15H18Cl2N4O2. The van der Waals surface area contributed by atoms with Crippen LogP contribution in [0, 0.1) is 0 Å². The summed E-state index contributed by atoms with van der Waals surface area (Å²) in [6, 6.07) is 6.72. The summed E-state index contributed by atoms with van der Waals surface area (Å²) < 4.78 is 5.25. The van der Waals surface area contributed by atoms with Gasteiger partial charge in [-0.15, -0.1) is 12.4 Å². The second kappa shape index (κ2) is 7.77. The van der Waals surface area contributed by atoms with Crippen LogP contribution in [0.4, 0.5) is 0 Å². The third kappa shape index (κ3) is 4.22. The molecule has 6 nitrogen and oxygen atoms in total. The van der Waals surface area contributed by atoms with Crippen LogP contribution in [0.25, 0.3) is 11.5 Å². The maximum Gasteiger partial charge on any atom is 0.257 e. The first-order valence-corrected chi connectivity index (χ1v) is 7.64. The molecule has 0 aliphatic carbocycles. The minimum atomic E-state index is -0.306. The predicted octanol–water partition coefficient (Wildman–Crippen LogP) is 2.74. The van der Waals surface area contributed by atoms with Gasteiger partial charge >= 0.3 is 0 Å². The molecule has 3 rings (SSSR count). The molecule has 1 aromatic heterocycles. The Hall–Kier alpha value is -1.63. The van der Waals surface area contributed by atoms with E-state index in [2.05, 4.69) is 20.8 Å². The number of amides is 1. The summed E-state index contributed by atoms with van der Waals surface area (Å²) in [6.07, 6.45) is 1.89. The van der Waals surface area contributed by atoms with Crippen molar-refractivity contribution in [1.82, 2.24) is 20.8 Å². The molecule has 2 N–H and O–H groups in total. The van der Waals surface area contributed by atoms with Crippen LogP contribution in [0.1, 0.15) is 31.6 Å². The first kappa shape index (κ1) is 17.7. The van der Waals surface area contributed by atoms with E-state index >= 15 is 0 Å². The summed E-state index contributed by atoms with van der Waals surface area (Å²) >= 11 is 5.85. The first-order chi connectivity index (χ1) is 10.6. The Labute approximate surface area is 145 Å². The van der Waals surface area contributed by atoms with Gasteiger partial charge in [0.15, 0.2) is 5.82 Å². The smallest absolute Gasteiger partial charge is 0.257 e. The monoisotopic (exact) mass is 356 g/mol. The highest BCUT2D eigenvalue weighted by Gasteiger charge is 2.25. The normalized spacial score (nSPS) is 18.3. The fraction of sp³-hybridized carbons (Fsp3) is 0.400. The van der Waals surface area contributed by atoms with Gasteiger partial charge in [0.05, 0.1) is 12.1 Å². The fourth-order valence-corrected chi connectivity index (χ4v) is 2.53. The lowest BCUT2D eigenvalue weighted by molar-refractivity contribution is -0.123. The van der Waals surface area contributed by atoms with Crippen molar-refractivity contribution in [3.8, 4) is 11.5 Å². The Morgan fingerprint density at radius 2 is 2.17 bits per heavy atom. The molecular weight excluding hydrogens is 339 g/mol. The predicted molar refractivity (Wildman–Crippen MR) is 89.6 cm³/mol. The number of nitrogens with one attached hydrogen (secondary N) is 2. The second-order valence-electron chi connectivity index (χ2n) is 5.34. The second-order valence-corrected chi connectivity index (χ2v) is 5.78. The zero-order chi connectivity index (χ0) is 15.5. The number of hydrogen-bond donors (Lipinski definition) is 2. The maximum absolute atomic E-state index is 12.1. The average Bonchev–Trinajstić information content (AvgIpc) is 3.20. The minimum Gasteiger partial charge on any atom is -0.345 e. The molecule has 1 saturated heterocycles. The number of rotatable bonds is 4. The van der Waals surface area contributed by atoms with Gasteiger partial charge in [0.2, 0.25) is 5.91 Å². The van der Waals surface area contributed by atoms with Gasteiger partial charge in [0, 0.05) is 10.6 Å². The zero-order valence-corrected chi connectivity index (χ0v) is 14.2. The molecule has 124 valence electrons. The van der Waals surface area contributed by atoms with E-state index in [1.54, 1.807) is 12.1 Å². The van der Waals surface area contributed by atoms with Crippen molar-refractivity contribution in [2.75, 3.05) is 6.54 Å². The molecule has 1 aliphatic rings. The Kier molecular flexibility index (Phi) is 5.98. The Bertz CT molecular complexity index is 654. The third-order valence-corrected chi connectivity index (χ3v) is 3.91. The van der Waals surface area contributed by atoms with E-state index in [9.17, 15) is 4.79 Å². The van der Waals surface area contributed by atoms with Crippen LogP contribution in [-0.2, 0) is 4.79 Å². The molecule has 1 unspecified atom stereocenters. The minimum absolute atomic E-state index is 0. The molecule has 0 bridgehead atoms. The van der Waals surface area contributed by atoms with E-state index in [0.717, 1.165) is 24.9 Å². The quantitative estimate of drug-likeness (QED) is 0.880. The summed E-state index contributed by atoms with van der Waals surface area (Å²) in [5.74, 6) is 0.839. The molecule has 0 spiro atoms. The zero-order valence-electron chi connectivity index (χ0n) is 12.6. The van der Waals surface area contributed by atoms with Crippen LogP contribution in [0.3, 0.4) is 0 Å². The summed E-state index contributed by atoms with van der Waals surface area (Å²) in [5, 5.41) is 10.7. The van der Waals surface area contributed by atoms with E-state index in [1.165, 1.54) is 0 Å². The molecule has 8 heteroatoms. The van der Waals surface area contributed by atoms with Gasteiger partial charge < -0.3 is 15.2 Å². The number of aromatic nitrogens is 2. The fourth-order valence-electron chi connectivity index (χ4n) is 2.41. The Morgan fingerprint density at radius 1 is 1.43 bits per heavy atom. The Balaban J connectivity index is 0.00000192. The molecule has 1 fully saturated rings. The highest BCUT2D eigenvalue weighted by atomic mass is 35.5. The number of benzene rings is 1. The van der Waals surface area contributed by atoms with Gasteiger partial charge in [-0.25, -0.2) is 0 Å². The lowest BCUT2D eigenvalue weighted by atomic mass is 10.2. The van der Waals surface area contributed by atoms with Gasteiger partial charge in [0.25, 0.3) is 5.89 Å². The summed E-state index contributed by atoms with van der Waals surface area (Å²) in [4.78, 5) is 16.4. The van der Waals surface area contributed by atoms with E-state index in [0.29, 0.717) is 16.7 Å². The van der Waals surface area contributed by atoms with Crippen molar-refractivity contribution in [1.29, 1.82) is 0 Å².